The predicted octanol–water partition coefficient (Wildman–Crippen LogP) is 12.3. The van der Waals surface area contributed by atoms with E-state index in [1.54, 1.807) is 176 Å². The van der Waals surface area contributed by atoms with Crippen molar-refractivity contribution in [2.45, 2.75) is 37.3 Å². The van der Waals surface area contributed by atoms with Gasteiger partial charge in [-0.1, -0.05) is 170 Å². The van der Waals surface area contributed by atoms with Gasteiger partial charge in [0, 0.05) is 68.7 Å². The lowest BCUT2D eigenvalue weighted by Gasteiger charge is -2.29. The third-order valence-corrected chi connectivity index (χ3v) is 18.3. The number of thiophene rings is 3. The van der Waals surface area contributed by atoms with Crippen LogP contribution in [0.15, 0.2) is 193 Å². The van der Waals surface area contributed by atoms with Crippen LogP contribution in [-0.4, -0.2) is 47.0 Å². The number of rotatable bonds is 14. The lowest BCUT2D eigenvalue weighted by Crippen LogP contribution is -2.45. The molecule has 3 heterocycles. The number of ketones is 4. The second-order valence-corrected chi connectivity index (χ2v) is 22.8. The Morgan fingerprint density at radius 3 is 1.10 bits per heavy atom. The molecule has 15 heteroatoms. The molecule has 0 N–H and O–H groups in total. The molecule has 0 amide bonds. The van der Waals surface area contributed by atoms with Crippen molar-refractivity contribution in [1.82, 2.24) is 0 Å². The van der Waals surface area contributed by atoms with Crippen molar-refractivity contribution in [3.63, 3.8) is 0 Å². The molecule has 4 aliphatic carbocycles. The molecule has 81 heavy (non-hydrogen) atoms. The normalized spacial score (nSPS) is 15.0. The number of ether oxygens (including phenoxy) is 4. The highest BCUT2D eigenvalue weighted by molar-refractivity contribution is 7.29. The Balaban J connectivity index is 1.08. The van der Waals surface area contributed by atoms with E-state index in [-0.39, 0.29) is 96.7 Å². The molecule has 0 bridgehead atoms. The van der Waals surface area contributed by atoms with Gasteiger partial charge in [0.25, 0.3) is 0 Å². The number of hydrogen-bond donors (Lipinski definition) is 0. The molecule has 13 rings (SSSR count). The van der Waals surface area contributed by atoms with Crippen molar-refractivity contribution in [2.24, 2.45) is 0 Å². The minimum absolute atomic E-state index is 0.0300. The van der Waals surface area contributed by atoms with E-state index >= 15 is 19.2 Å². The van der Waals surface area contributed by atoms with Crippen LogP contribution in [0.2, 0.25) is 0 Å². The highest BCUT2D eigenvalue weighted by Gasteiger charge is 2.72. The van der Waals surface area contributed by atoms with Crippen molar-refractivity contribution in [1.29, 1.82) is 0 Å². The highest BCUT2D eigenvalue weighted by atomic mass is 32.1. The van der Waals surface area contributed by atoms with E-state index in [4.69, 9.17) is 18.9 Å². The van der Waals surface area contributed by atoms with Gasteiger partial charge in [-0.2, -0.15) is 0 Å². The van der Waals surface area contributed by atoms with Crippen molar-refractivity contribution < 1.29 is 57.3 Å². The van der Waals surface area contributed by atoms with Crippen LogP contribution in [0.3, 0.4) is 0 Å². The molecular formula is C66H40O12S3. The number of benzene rings is 6. The largest absolute Gasteiger partial charge is 0.459 e. The summed E-state index contributed by atoms with van der Waals surface area (Å²) in [7, 11) is 0. The van der Waals surface area contributed by atoms with Gasteiger partial charge < -0.3 is 18.9 Å². The van der Waals surface area contributed by atoms with Gasteiger partial charge in [-0.05, 0) is 46.5 Å². The summed E-state index contributed by atoms with van der Waals surface area (Å²) < 4.78 is 26.1. The van der Waals surface area contributed by atoms with E-state index in [0.29, 0.717) is 36.5 Å². The molecule has 0 radical (unpaired) electrons. The first-order valence-electron chi connectivity index (χ1n) is 25.6. The van der Waals surface area contributed by atoms with E-state index in [1.807, 2.05) is 0 Å². The average molecular weight is 1120 g/mol. The maximum absolute atomic E-state index is 16.2. The molecule has 0 spiro atoms. The summed E-state index contributed by atoms with van der Waals surface area (Å²) in [6.45, 7) is -1.28. The number of carbonyl (C=O) groups is 8. The van der Waals surface area contributed by atoms with Gasteiger partial charge in [-0.3, -0.25) is 38.4 Å². The first-order valence-corrected chi connectivity index (χ1v) is 28.0. The standard InChI is InChI=1S/C66H40O12S3/c67-54-43-25-13-14-26-44(43)55(68)47(54)29-41-31-49-58(79-41)51-52(65(49,61(71)75-33-37-17-5-1-6-18-37)62(72)76-34-38-19-7-2-8-20-38)60-53(59-50(81-60)32-42(80-59)30-48-56(69)45-27-15-16-28-46(45)57(48)70)66(51,63(73)77-35-39-21-9-3-10-22-39)64(74)78-36-40-23-11-4-12-24-40/h1-32H,33-36H2. The maximum atomic E-state index is 16.2. The molecule has 0 unspecified atom stereocenters. The lowest BCUT2D eigenvalue weighted by molar-refractivity contribution is -0.165. The van der Waals surface area contributed by atoms with Gasteiger partial charge >= 0.3 is 23.9 Å². The van der Waals surface area contributed by atoms with Crippen LogP contribution in [0.25, 0.3) is 32.7 Å². The van der Waals surface area contributed by atoms with Crippen molar-refractivity contribution in [3.05, 3.63) is 268 Å². The number of Topliss-reactive ketones (excluding diaryl/α,β-unsaturated/α-hetero) is 4. The first-order chi connectivity index (χ1) is 39.5. The molecule has 394 valence electrons. The van der Waals surface area contributed by atoms with Gasteiger partial charge in [-0.25, -0.2) is 0 Å². The third-order valence-electron chi connectivity index (χ3n) is 14.8. The Labute approximate surface area is 473 Å². The molecule has 6 aromatic carbocycles. The summed E-state index contributed by atoms with van der Waals surface area (Å²) in [5, 5.41) is 0. The summed E-state index contributed by atoms with van der Waals surface area (Å²) in [4.78, 5) is 121. The van der Waals surface area contributed by atoms with E-state index in [0.717, 1.165) is 34.0 Å². The number of fused-ring (bicyclic) bond motifs is 8. The molecule has 0 saturated carbocycles. The van der Waals surface area contributed by atoms with E-state index < -0.39 is 57.8 Å². The van der Waals surface area contributed by atoms with E-state index in [2.05, 4.69) is 0 Å². The van der Waals surface area contributed by atoms with Crippen LogP contribution < -0.4 is 0 Å². The van der Waals surface area contributed by atoms with Crippen LogP contribution >= 0.6 is 34.0 Å². The summed E-state index contributed by atoms with van der Waals surface area (Å²) in [6, 6.07) is 51.5. The summed E-state index contributed by atoms with van der Waals surface area (Å²) >= 11 is 3.13. The van der Waals surface area contributed by atoms with Crippen LogP contribution in [0, 0.1) is 0 Å². The van der Waals surface area contributed by atoms with Crippen molar-refractivity contribution >= 4 is 114 Å². The topological polar surface area (TPSA) is 173 Å². The fourth-order valence-corrected chi connectivity index (χ4v) is 15.1. The quantitative estimate of drug-likeness (QED) is 0.0332. The monoisotopic (exact) mass is 1120 g/mol. The molecule has 4 aliphatic rings. The molecule has 0 fully saturated rings. The zero-order valence-electron chi connectivity index (χ0n) is 42.4. The van der Waals surface area contributed by atoms with Crippen LogP contribution in [-0.2, 0) is 75.4 Å². The molecule has 0 aliphatic heterocycles. The molecule has 0 atom stereocenters. The third kappa shape index (κ3) is 8.22. The van der Waals surface area contributed by atoms with Crippen LogP contribution in [0.5, 0.6) is 0 Å². The zero-order valence-corrected chi connectivity index (χ0v) is 44.9. The van der Waals surface area contributed by atoms with Gasteiger partial charge in [0.1, 0.15) is 26.4 Å². The molecule has 12 nitrogen and oxygen atoms in total. The highest BCUT2D eigenvalue weighted by Crippen LogP contribution is 2.69. The smallest absolute Gasteiger partial charge is 0.333 e. The second-order valence-electron chi connectivity index (χ2n) is 19.6. The molecular weight excluding hydrogens is 1080 g/mol. The Morgan fingerprint density at radius 1 is 0.383 bits per heavy atom. The fourth-order valence-electron chi connectivity index (χ4n) is 11.1. The van der Waals surface area contributed by atoms with E-state index in [1.165, 1.54) is 18.2 Å². The Bertz CT molecular complexity index is 4090. The maximum Gasteiger partial charge on any atom is 0.333 e. The Hall–Kier alpha value is -9.54. The minimum Gasteiger partial charge on any atom is -0.459 e. The Morgan fingerprint density at radius 2 is 0.716 bits per heavy atom. The number of esters is 4. The van der Waals surface area contributed by atoms with Gasteiger partial charge in [0.2, 0.25) is 10.8 Å². The number of allylic oxidation sites excluding steroid dienone is 2. The summed E-state index contributed by atoms with van der Waals surface area (Å²) in [5.74, 6) is -6.44. The number of hydrogen-bond acceptors (Lipinski definition) is 15. The van der Waals surface area contributed by atoms with E-state index in [9.17, 15) is 19.2 Å². The lowest BCUT2D eigenvalue weighted by atomic mass is 9.76. The molecule has 9 aromatic rings. The fraction of sp³-hybridized carbons (Fsp3) is 0.0909. The molecule has 0 saturated heterocycles. The summed E-state index contributed by atoms with van der Waals surface area (Å²) in [5.41, 5.74) is -2.46. The van der Waals surface area contributed by atoms with Crippen LogP contribution in [0.4, 0.5) is 0 Å². The van der Waals surface area contributed by atoms with Crippen molar-refractivity contribution in [2.75, 3.05) is 0 Å². The predicted molar refractivity (Wildman–Crippen MR) is 305 cm³/mol. The van der Waals surface area contributed by atoms with Crippen molar-refractivity contribution in [3.8, 4) is 0 Å². The van der Waals surface area contributed by atoms with Gasteiger partial charge in [0.05, 0.1) is 15.8 Å². The van der Waals surface area contributed by atoms with Crippen LogP contribution in [0.1, 0.15) is 94.3 Å². The Kier molecular flexibility index (Phi) is 12.8. The first kappa shape index (κ1) is 50.9. The zero-order chi connectivity index (χ0) is 55.6. The minimum atomic E-state index is -2.64. The second kappa shape index (κ2) is 20.3. The number of carbonyl (C=O) groups excluding carboxylic acids is 8. The molecule has 3 aromatic heterocycles. The summed E-state index contributed by atoms with van der Waals surface area (Å²) in [6.07, 6.45) is 2.87. The SMILES string of the molecule is O=C1C(=Cc2cc3c(s2)C2=C(c4sc5cc(C=C6C(=O)c7ccccc7C6=O)sc5c4C2(C(=O)OCc2ccccc2)C(=O)OCc2ccccc2)C3(C(=O)OCc2ccccc2)C(=O)OCc2ccccc2)C(=O)c2ccccc21. The van der Waals surface area contributed by atoms with Gasteiger partial charge in [0.15, 0.2) is 23.1 Å². The van der Waals surface area contributed by atoms with Gasteiger partial charge in [-0.15, -0.1) is 34.0 Å². The average Bonchev–Trinajstić information content (AvgIpc) is 1.68.